The topological polar surface area (TPSA) is 81.3 Å². The normalized spacial score (nSPS) is 15.5. The van der Waals surface area contributed by atoms with Crippen LogP contribution in [0.25, 0.3) is 0 Å². The van der Waals surface area contributed by atoms with Crippen LogP contribution in [0.3, 0.4) is 0 Å². The summed E-state index contributed by atoms with van der Waals surface area (Å²) in [4.78, 5) is 24.8. The largest absolute Gasteiger partial charge is 0.482 e. The highest BCUT2D eigenvalue weighted by Gasteiger charge is 2.35. The van der Waals surface area contributed by atoms with Gasteiger partial charge in [-0.25, -0.2) is 9.80 Å². The molecule has 8 heteroatoms. The van der Waals surface area contributed by atoms with Crippen molar-refractivity contribution in [2.75, 3.05) is 13.2 Å². The molecule has 1 aromatic heterocycles. The lowest BCUT2D eigenvalue weighted by molar-refractivity contribution is -0.154. The SMILES string of the molecule is O=C(COc1ccccc1)OCC(=O)N1N=C(c2ccc(Cl)cc2)CC1c1ccco1. The predicted octanol–water partition coefficient (Wildman–Crippen LogP) is 4.23. The summed E-state index contributed by atoms with van der Waals surface area (Å²) >= 11 is 5.96. The smallest absolute Gasteiger partial charge is 0.344 e. The van der Waals surface area contributed by atoms with Crippen molar-refractivity contribution in [1.29, 1.82) is 0 Å². The molecule has 2 aromatic carbocycles. The summed E-state index contributed by atoms with van der Waals surface area (Å²) < 4.78 is 15.9. The van der Waals surface area contributed by atoms with Crippen LogP contribution in [0, 0.1) is 0 Å². The fourth-order valence-corrected chi connectivity index (χ4v) is 3.29. The first-order valence-corrected chi connectivity index (χ1v) is 10.0. The van der Waals surface area contributed by atoms with Gasteiger partial charge in [-0.2, -0.15) is 5.10 Å². The first-order valence-electron chi connectivity index (χ1n) is 9.62. The third kappa shape index (κ3) is 5.13. The molecule has 4 rings (SSSR count). The Bertz CT molecular complexity index is 1070. The van der Waals surface area contributed by atoms with Crippen LogP contribution in [0.15, 0.2) is 82.5 Å². The van der Waals surface area contributed by atoms with E-state index in [4.69, 9.17) is 25.5 Å². The lowest BCUT2D eigenvalue weighted by Crippen LogP contribution is -2.32. The van der Waals surface area contributed by atoms with Gasteiger partial charge in [0, 0.05) is 11.4 Å². The lowest BCUT2D eigenvalue weighted by Gasteiger charge is -2.19. The van der Waals surface area contributed by atoms with E-state index in [1.165, 1.54) is 5.01 Å². The third-order valence-corrected chi connectivity index (χ3v) is 4.92. The van der Waals surface area contributed by atoms with Crippen LogP contribution in [-0.2, 0) is 14.3 Å². The molecular formula is C23H19ClN2O5. The van der Waals surface area contributed by atoms with Crippen molar-refractivity contribution in [3.8, 4) is 5.75 Å². The van der Waals surface area contributed by atoms with Crippen molar-refractivity contribution in [2.45, 2.75) is 12.5 Å². The number of esters is 1. The minimum atomic E-state index is -0.646. The number of nitrogens with zero attached hydrogens (tertiary/aromatic N) is 2. The molecule has 0 fully saturated rings. The van der Waals surface area contributed by atoms with Crippen LogP contribution in [-0.4, -0.2) is 35.8 Å². The van der Waals surface area contributed by atoms with Crippen LogP contribution in [0.5, 0.6) is 5.75 Å². The number of amides is 1. The van der Waals surface area contributed by atoms with E-state index >= 15 is 0 Å². The molecular weight excluding hydrogens is 420 g/mol. The molecule has 1 aliphatic heterocycles. The number of ether oxygens (including phenoxy) is 2. The molecule has 0 aliphatic carbocycles. The summed E-state index contributed by atoms with van der Waals surface area (Å²) in [6, 6.07) is 19.2. The molecule has 1 unspecified atom stereocenters. The van der Waals surface area contributed by atoms with E-state index in [9.17, 15) is 9.59 Å². The molecule has 0 saturated heterocycles. The number of carbonyl (C=O) groups is 2. The van der Waals surface area contributed by atoms with Gasteiger partial charge >= 0.3 is 5.97 Å². The maximum atomic E-state index is 12.8. The number of hydrogen-bond donors (Lipinski definition) is 0. The van der Waals surface area contributed by atoms with E-state index in [-0.39, 0.29) is 6.61 Å². The Morgan fingerprint density at radius 1 is 1.03 bits per heavy atom. The van der Waals surface area contributed by atoms with Gasteiger partial charge in [-0.3, -0.25) is 4.79 Å². The molecule has 7 nitrogen and oxygen atoms in total. The maximum Gasteiger partial charge on any atom is 0.344 e. The number of halogens is 1. The van der Waals surface area contributed by atoms with E-state index in [1.807, 2.05) is 18.2 Å². The fraction of sp³-hybridized carbons (Fsp3) is 0.174. The van der Waals surface area contributed by atoms with Gasteiger partial charge in [-0.1, -0.05) is 41.9 Å². The van der Waals surface area contributed by atoms with Gasteiger partial charge in [0.1, 0.15) is 17.6 Å². The Balaban J connectivity index is 1.41. The van der Waals surface area contributed by atoms with Gasteiger partial charge in [0.05, 0.1) is 12.0 Å². The second-order valence-electron chi connectivity index (χ2n) is 6.79. The van der Waals surface area contributed by atoms with Gasteiger partial charge in [0.25, 0.3) is 5.91 Å². The monoisotopic (exact) mass is 438 g/mol. The summed E-state index contributed by atoms with van der Waals surface area (Å²) in [5.41, 5.74) is 1.56. The minimum absolute atomic E-state index is 0.293. The second-order valence-corrected chi connectivity index (χ2v) is 7.23. The number of carbonyl (C=O) groups excluding carboxylic acids is 2. The molecule has 1 aliphatic rings. The minimum Gasteiger partial charge on any atom is -0.482 e. The number of para-hydroxylation sites is 1. The van der Waals surface area contributed by atoms with E-state index in [1.54, 1.807) is 54.8 Å². The summed E-state index contributed by atoms with van der Waals surface area (Å²) in [6.07, 6.45) is 2.01. The quantitative estimate of drug-likeness (QED) is 0.515. The number of hydrogen-bond acceptors (Lipinski definition) is 6. The van der Waals surface area contributed by atoms with Crippen LogP contribution in [0.1, 0.15) is 23.8 Å². The Morgan fingerprint density at radius 2 is 1.81 bits per heavy atom. The molecule has 0 radical (unpaired) electrons. The highest BCUT2D eigenvalue weighted by atomic mass is 35.5. The van der Waals surface area contributed by atoms with Crippen molar-refractivity contribution in [3.05, 3.63) is 89.3 Å². The zero-order valence-electron chi connectivity index (χ0n) is 16.4. The Morgan fingerprint density at radius 3 is 2.52 bits per heavy atom. The first kappa shape index (κ1) is 20.7. The summed E-state index contributed by atoms with van der Waals surface area (Å²) in [6.45, 7) is -0.746. The number of rotatable bonds is 7. The fourth-order valence-electron chi connectivity index (χ4n) is 3.17. The highest BCUT2D eigenvalue weighted by Crippen LogP contribution is 2.33. The molecule has 0 N–H and O–H groups in total. The molecule has 0 spiro atoms. The highest BCUT2D eigenvalue weighted by molar-refractivity contribution is 6.30. The standard InChI is InChI=1S/C23H19ClN2O5/c24-17-10-8-16(9-11-17)19-13-20(21-7-4-12-29-21)26(25-19)22(27)14-31-23(28)15-30-18-5-2-1-3-6-18/h1-12,20H,13-15H2. The first-order chi connectivity index (χ1) is 15.1. The third-order valence-electron chi connectivity index (χ3n) is 4.67. The van der Waals surface area contributed by atoms with E-state index in [2.05, 4.69) is 5.10 Å². The maximum absolute atomic E-state index is 12.8. The molecule has 0 bridgehead atoms. The zero-order chi connectivity index (χ0) is 21.6. The number of benzene rings is 2. The predicted molar refractivity (Wildman–Crippen MR) is 114 cm³/mol. The zero-order valence-corrected chi connectivity index (χ0v) is 17.2. The Labute approximate surface area is 183 Å². The molecule has 2 heterocycles. The van der Waals surface area contributed by atoms with Gasteiger partial charge < -0.3 is 13.9 Å². The number of hydrazone groups is 1. The molecule has 3 aromatic rings. The van der Waals surface area contributed by atoms with Crippen molar-refractivity contribution in [1.82, 2.24) is 5.01 Å². The van der Waals surface area contributed by atoms with E-state index < -0.39 is 24.5 Å². The van der Waals surface area contributed by atoms with Gasteiger partial charge in [0.15, 0.2) is 13.2 Å². The molecule has 1 atom stereocenters. The van der Waals surface area contributed by atoms with Gasteiger partial charge in [-0.15, -0.1) is 0 Å². The van der Waals surface area contributed by atoms with Crippen LogP contribution >= 0.6 is 11.6 Å². The molecule has 158 valence electrons. The van der Waals surface area contributed by atoms with Crippen LogP contribution in [0.2, 0.25) is 5.02 Å². The Kier molecular flexibility index (Phi) is 6.33. The van der Waals surface area contributed by atoms with Crippen molar-refractivity contribution in [2.24, 2.45) is 5.10 Å². The summed E-state index contributed by atoms with van der Waals surface area (Å²) in [7, 11) is 0. The molecule has 1 amide bonds. The van der Waals surface area contributed by atoms with Crippen LogP contribution < -0.4 is 4.74 Å². The summed E-state index contributed by atoms with van der Waals surface area (Å²) in [5.74, 6) is 0.0338. The lowest BCUT2D eigenvalue weighted by atomic mass is 10.0. The average Bonchev–Trinajstić information content (AvgIpc) is 3.47. The van der Waals surface area contributed by atoms with Crippen LogP contribution in [0.4, 0.5) is 0 Å². The van der Waals surface area contributed by atoms with Gasteiger partial charge in [-0.05, 0) is 42.0 Å². The Hall–Kier alpha value is -3.58. The average molecular weight is 439 g/mol. The molecule has 0 saturated carbocycles. The van der Waals surface area contributed by atoms with E-state index in [0.29, 0.717) is 28.7 Å². The molecule has 31 heavy (non-hydrogen) atoms. The summed E-state index contributed by atoms with van der Waals surface area (Å²) in [5, 5.41) is 6.38. The second kappa shape index (κ2) is 9.49. The van der Waals surface area contributed by atoms with E-state index in [0.717, 1.165) is 5.56 Å². The van der Waals surface area contributed by atoms with Crippen molar-refractivity contribution in [3.63, 3.8) is 0 Å². The van der Waals surface area contributed by atoms with Crippen molar-refractivity contribution >= 4 is 29.2 Å². The van der Waals surface area contributed by atoms with Gasteiger partial charge in [0.2, 0.25) is 0 Å². The number of furan rings is 1. The van der Waals surface area contributed by atoms with Crippen molar-refractivity contribution < 1.29 is 23.5 Å².